The summed E-state index contributed by atoms with van der Waals surface area (Å²) >= 11 is 3.10. The van der Waals surface area contributed by atoms with E-state index in [1.54, 1.807) is 26.1 Å². The summed E-state index contributed by atoms with van der Waals surface area (Å²) in [5, 5.41) is 2.07. The van der Waals surface area contributed by atoms with E-state index in [0.29, 0.717) is 5.33 Å². The van der Waals surface area contributed by atoms with Gasteiger partial charge in [-0.05, 0) is 27.2 Å². The lowest BCUT2D eigenvalue weighted by molar-refractivity contribution is -0.178. The summed E-state index contributed by atoms with van der Waals surface area (Å²) in [7, 11) is 0. The minimum atomic E-state index is -5.02. The van der Waals surface area contributed by atoms with Gasteiger partial charge in [0.1, 0.15) is 11.1 Å². The van der Waals surface area contributed by atoms with E-state index < -0.39 is 35.1 Å². The van der Waals surface area contributed by atoms with Crippen LogP contribution in [0.25, 0.3) is 0 Å². The Kier molecular flexibility index (Phi) is 4.24. The third-order valence-corrected chi connectivity index (χ3v) is 3.43. The monoisotopic (exact) mass is 345 g/mol. The average molecular weight is 346 g/mol. The van der Waals surface area contributed by atoms with Crippen molar-refractivity contribution in [2.75, 3.05) is 5.33 Å². The minimum absolute atomic E-state index is 0.134. The summed E-state index contributed by atoms with van der Waals surface area (Å²) < 4.78 is 41.9. The van der Waals surface area contributed by atoms with E-state index in [-0.39, 0.29) is 6.42 Å². The van der Waals surface area contributed by atoms with Crippen LogP contribution >= 0.6 is 15.9 Å². The molecule has 0 heterocycles. The van der Waals surface area contributed by atoms with Gasteiger partial charge < -0.3 is 10.1 Å². The second-order valence-electron chi connectivity index (χ2n) is 5.48. The summed E-state index contributed by atoms with van der Waals surface area (Å²) in [6.07, 6.45) is -4.89. The normalized spacial score (nSPS) is 26.8. The molecular formula is C11H15BrF3NO3. The van der Waals surface area contributed by atoms with Crippen molar-refractivity contribution in [2.45, 2.75) is 44.5 Å². The van der Waals surface area contributed by atoms with Crippen molar-refractivity contribution >= 4 is 27.8 Å². The van der Waals surface area contributed by atoms with Crippen molar-refractivity contribution in [2.24, 2.45) is 5.92 Å². The molecule has 2 atom stereocenters. The van der Waals surface area contributed by atoms with Crippen LogP contribution in [0, 0.1) is 5.92 Å². The summed E-state index contributed by atoms with van der Waals surface area (Å²) in [4.78, 5) is 22.9. The van der Waals surface area contributed by atoms with Gasteiger partial charge in [0.05, 0.1) is 0 Å². The lowest BCUT2D eigenvalue weighted by atomic mass is 10.1. The molecule has 4 nitrogen and oxygen atoms in total. The molecule has 0 radical (unpaired) electrons. The van der Waals surface area contributed by atoms with Crippen LogP contribution < -0.4 is 5.32 Å². The zero-order valence-electron chi connectivity index (χ0n) is 10.7. The van der Waals surface area contributed by atoms with Gasteiger partial charge in [-0.25, -0.2) is 4.79 Å². The largest absolute Gasteiger partial charge is 0.471 e. The topological polar surface area (TPSA) is 55.4 Å². The first-order valence-corrected chi connectivity index (χ1v) is 6.73. The number of nitrogens with one attached hydrogen (secondary N) is 1. The Labute approximate surface area is 117 Å². The molecule has 8 heteroatoms. The number of carbonyl (C=O) groups is 2. The van der Waals surface area contributed by atoms with Gasteiger partial charge in [0.15, 0.2) is 0 Å². The number of rotatable bonds is 3. The van der Waals surface area contributed by atoms with Gasteiger partial charge in [0.2, 0.25) is 0 Å². The Balaban J connectivity index is 2.83. The van der Waals surface area contributed by atoms with E-state index >= 15 is 0 Å². The maximum absolute atomic E-state index is 12.3. The Morgan fingerprint density at radius 3 is 2.21 bits per heavy atom. The summed E-state index contributed by atoms with van der Waals surface area (Å²) in [6.45, 7) is 4.82. The molecule has 1 saturated carbocycles. The lowest BCUT2D eigenvalue weighted by Crippen LogP contribution is -2.52. The highest BCUT2D eigenvalue weighted by Gasteiger charge is 2.64. The van der Waals surface area contributed by atoms with Crippen LogP contribution in [0.2, 0.25) is 0 Å². The third kappa shape index (κ3) is 3.84. The first-order valence-electron chi connectivity index (χ1n) is 5.61. The Morgan fingerprint density at radius 2 is 1.89 bits per heavy atom. The number of esters is 1. The zero-order chi connectivity index (χ0) is 15.1. The van der Waals surface area contributed by atoms with Gasteiger partial charge >= 0.3 is 18.1 Å². The van der Waals surface area contributed by atoms with Crippen molar-refractivity contribution in [3.8, 4) is 0 Å². The molecule has 0 spiro atoms. The third-order valence-electron chi connectivity index (χ3n) is 2.65. The lowest BCUT2D eigenvalue weighted by Gasteiger charge is -2.25. The average Bonchev–Trinajstić information content (AvgIpc) is 2.89. The maximum atomic E-state index is 12.3. The fraction of sp³-hybridized carbons (Fsp3) is 0.818. The van der Waals surface area contributed by atoms with E-state index in [1.807, 2.05) is 0 Å². The standard InChI is InChI=1S/C11H15BrF3NO3/c1-9(2,3)19-8(18)10(4-6(10)5-12)16-7(17)11(13,14)15/h6H,4-5H2,1-3H3,(H,16,17)/t6-,10-/m1/s1. The van der Waals surface area contributed by atoms with Crippen LogP contribution in [0.1, 0.15) is 27.2 Å². The molecule has 1 amide bonds. The quantitative estimate of drug-likeness (QED) is 0.630. The molecule has 0 aliphatic heterocycles. The molecule has 1 N–H and O–H groups in total. The van der Waals surface area contributed by atoms with Crippen LogP contribution in [0.4, 0.5) is 13.2 Å². The first-order chi connectivity index (χ1) is 8.42. The van der Waals surface area contributed by atoms with E-state index in [0.717, 1.165) is 0 Å². The molecule has 1 fully saturated rings. The number of ether oxygens (including phenoxy) is 1. The molecule has 0 aromatic carbocycles. The predicted molar refractivity (Wildman–Crippen MR) is 64.7 cm³/mol. The van der Waals surface area contributed by atoms with E-state index in [1.165, 1.54) is 0 Å². The van der Waals surface area contributed by atoms with Gasteiger partial charge in [-0.1, -0.05) is 15.9 Å². The second kappa shape index (κ2) is 4.96. The molecule has 0 aromatic rings. The Hall–Kier alpha value is -0.790. The highest BCUT2D eigenvalue weighted by molar-refractivity contribution is 9.09. The predicted octanol–water partition coefficient (Wildman–Crippen LogP) is 2.16. The van der Waals surface area contributed by atoms with Gasteiger partial charge in [-0.15, -0.1) is 0 Å². The summed E-state index contributed by atoms with van der Waals surface area (Å²) in [5.74, 6) is -3.35. The number of carbonyl (C=O) groups excluding carboxylic acids is 2. The van der Waals surface area contributed by atoms with Gasteiger partial charge in [-0.2, -0.15) is 13.2 Å². The Morgan fingerprint density at radius 1 is 1.37 bits per heavy atom. The van der Waals surface area contributed by atoms with E-state index in [9.17, 15) is 22.8 Å². The van der Waals surface area contributed by atoms with Crippen LogP contribution in [0.15, 0.2) is 0 Å². The molecule has 1 aliphatic carbocycles. The number of halogens is 4. The summed E-state index contributed by atoms with van der Waals surface area (Å²) in [5.41, 5.74) is -2.39. The number of alkyl halides is 4. The fourth-order valence-corrected chi connectivity index (χ4v) is 2.39. The molecular weight excluding hydrogens is 331 g/mol. The van der Waals surface area contributed by atoms with Crippen molar-refractivity contribution in [3.05, 3.63) is 0 Å². The van der Waals surface area contributed by atoms with Crippen LogP contribution in [-0.4, -0.2) is 34.5 Å². The zero-order valence-corrected chi connectivity index (χ0v) is 12.3. The maximum Gasteiger partial charge on any atom is 0.471 e. The van der Waals surface area contributed by atoms with Crippen molar-refractivity contribution < 1.29 is 27.5 Å². The highest BCUT2D eigenvalue weighted by atomic mass is 79.9. The minimum Gasteiger partial charge on any atom is -0.458 e. The van der Waals surface area contributed by atoms with Crippen molar-refractivity contribution in [3.63, 3.8) is 0 Å². The molecule has 0 aromatic heterocycles. The van der Waals surface area contributed by atoms with Crippen LogP contribution in [0.3, 0.4) is 0 Å². The van der Waals surface area contributed by atoms with Crippen LogP contribution in [0.5, 0.6) is 0 Å². The Bertz CT molecular complexity index is 392. The molecule has 110 valence electrons. The highest BCUT2D eigenvalue weighted by Crippen LogP contribution is 2.46. The fourth-order valence-electron chi connectivity index (χ4n) is 1.61. The van der Waals surface area contributed by atoms with Gasteiger partial charge in [0.25, 0.3) is 0 Å². The number of hydrogen-bond acceptors (Lipinski definition) is 3. The summed E-state index contributed by atoms with van der Waals surface area (Å²) in [6, 6.07) is 0. The molecule has 1 aliphatic rings. The van der Waals surface area contributed by atoms with Crippen molar-refractivity contribution in [1.82, 2.24) is 5.32 Å². The smallest absolute Gasteiger partial charge is 0.458 e. The molecule has 0 unspecified atom stereocenters. The molecule has 0 bridgehead atoms. The number of amides is 1. The molecule has 0 saturated heterocycles. The van der Waals surface area contributed by atoms with Crippen LogP contribution in [-0.2, 0) is 14.3 Å². The van der Waals surface area contributed by atoms with Gasteiger partial charge in [0, 0.05) is 11.2 Å². The SMILES string of the molecule is CC(C)(C)OC(=O)[C@@]1(NC(=O)C(F)(F)F)C[C@@H]1CBr. The van der Waals surface area contributed by atoms with Gasteiger partial charge in [-0.3, -0.25) is 4.79 Å². The molecule has 1 rings (SSSR count). The van der Waals surface area contributed by atoms with E-state index in [4.69, 9.17) is 4.74 Å². The first kappa shape index (κ1) is 16.3. The van der Waals surface area contributed by atoms with E-state index in [2.05, 4.69) is 15.9 Å². The second-order valence-corrected chi connectivity index (χ2v) is 6.13. The number of hydrogen-bond donors (Lipinski definition) is 1. The molecule has 19 heavy (non-hydrogen) atoms. The van der Waals surface area contributed by atoms with Crippen molar-refractivity contribution in [1.29, 1.82) is 0 Å².